The van der Waals surface area contributed by atoms with Crippen LogP contribution in [0.2, 0.25) is 0 Å². The average Bonchev–Trinajstić information content (AvgIpc) is 2.80. The van der Waals surface area contributed by atoms with Gasteiger partial charge in [0.25, 0.3) is 0 Å². The molecule has 3 rings (SSSR count). The summed E-state index contributed by atoms with van der Waals surface area (Å²) in [4.78, 5) is 11.9. The lowest BCUT2D eigenvalue weighted by Crippen LogP contribution is -2.19. The van der Waals surface area contributed by atoms with Crippen molar-refractivity contribution in [1.29, 1.82) is 0 Å². The van der Waals surface area contributed by atoms with E-state index in [1.54, 1.807) is 12.1 Å². The van der Waals surface area contributed by atoms with Gasteiger partial charge in [0.2, 0.25) is 0 Å². The molecule has 0 aliphatic rings. The number of carbonyl (C=O) groups excluding carboxylic acids is 1. The predicted octanol–water partition coefficient (Wildman–Crippen LogP) is 8.20. The first-order chi connectivity index (χ1) is 14.3. The van der Waals surface area contributed by atoms with Crippen molar-refractivity contribution in [2.75, 3.05) is 10.6 Å². The average molecular weight is 395 g/mol. The second-order valence-electron chi connectivity index (χ2n) is 4.88. The van der Waals surface area contributed by atoms with Crippen LogP contribution in [0.1, 0.15) is 41.5 Å². The Balaban J connectivity index is 0.00000120. The van der Waals surface area contributed by atoms with E-state index in [-0.39, 0.29) is 6.03 Å². The molecule has 0 atom stereocenters. The lowest BCUT2D eigenvalue weighted by Gasteiger charge is -2.09. The van der Waals surface area contributed by atoms with Crippen LogP contribution in [0.3, 0.4) is 0 Å². The zero-order valence-corrected chi connectivity index (χ0v) is 18.4. The van der Waals surface area contributed by atoms with Gasteiger partial charge in [-0.3, -0.25) is 0 Å². The molecule has 4 heteroatoms. The predicted molar refractivity (Wildman–Crippen MR) is 126 cm³/mol. The van der Waals surface area contributed by atoms with Gasteiger partial charge in [0, 0.05) is 11.4 Å². The number of para-hydroxylation sites is 2. The van der Waals surface area contributed by atoms with Gasteiger partial charge in [0.1, 0.15) is 11.5 Å². The molecule has 2 N–H and O–H groups in total. The highest BCUT2D eigenvalue weighted by Crippen LogP contribution is 2.22. The van der Waals surface area contributed by atoms with Gasteiger partial charge in [-0.25, -0.2) is 4.79 Å². The van der Waals surface area contributed by atoms with Gasteiger partial charge in [0.05, 0.1) is 0 Å². The van der Waals surface area contributed by atoms with E-state index in [0.29, 0.717) is 11.4 Å². The zero-order chi connectivity index (χ0) is 21.9. The van der Waals surface area contributed by atoms with Gasteiger partial charge >= 0.3 is 6.03 Å². The van der Waals surface area contributed by atoms with Crippen LogP contribution in [0, 0.1) is 0 Å². The molecule has 156 valence electrons. The third-order valence-corrected chi connectivity index (χ3v) is 3.12. The fourth-order valence-electron chi connectivity index (χ4n) is 2.05. The van der Waals surface area contributed by atoms with E-state index in [9.17, 15) is 4.79 Å². The first-order valence-electron chi connectivity index (χ1n) is 10.3. The smallest absolute Gasteiger partial charge is 0.323 e. The molecule has 0 unspecified atom stereocenters. The normalized spacial score (nSPS) is 8.48. The lowest BCUT2D eigenvalue weighted by molar-refractivity contribution is 0.262. The molecule has 0 aromatic heterocycles. The second-order valence-corrected chi connectivity index (χ2v) is 4.88. The number of urea groups is 1. The van der Waals surface area contributed by atoms with E-state index in [4.69, 9.17) is 4.74 Å². The van der Waals surface area contributed by atoms with Gasteiger partial charge in [-0.2, -0.15) is 0 Å². The summed E-state index contributed by atoms with van der Waals surface area (Å²) < 4.78 is 5.71. The Morgan fingerprint density at radius 1 is 0.552 bits per heavy atom. The topological polar surface area (TPSA) is 50.4 Å². The molecule has 0 heterocycles. The van der Waals surface area contributed by atoms with Crippen molar-refractivity contribution in [3.8, 4) is 11.5 Å². The van der Waals surface area contributed by atoms with Crippen LogP contribution in [-0.4, -0.2) is 6.03 Å². The van der Waals surface area contributed by atoms with Crippen LogP contribution < -0.4 is 15.4 Å². The van der Waals surface area contributed by atoms with Crippen molar-refractivity contribution in [2.24, 2.45) is 0 Å². The molecular formula is C25H34N2O2. The quantitative estimate of drug-likeness (QED) is 0.468. The Hall–Kier alpha value is -3.27. The van der Waals surface area contributed by atoms with Gasteiger partial charge in [0.15, 0.2) is 0 Å². The highest BCUT2D eigenvalue weighted by Gasteiger charge is 2.03. The third-order valence-electron chi connectivity index (χ3n) is 3.12. The maximum atomic E-state index is 11.9. The van der Waals surface area contributed by atoms with Gasteiger partial charge < -0.3 is 15.4 Å². The summed E-state index contributed by atoms with van der Waals surface area (Å²) in [5.74, 6) is 1.49. The molecule has 29 heavy (non-hydrogen) atoms. The molecule has 3 aromatic carbocycles. The van der Waals surface area contributed by atoms with Crippen LogP contribution in [-0.2, 0) is 0 Å². The van der Waals surface area contributed by atoms with Crippen molar-refractivity contribution >= 4 is 17.4 Å². The van der Waals surface area contributed by atoms with Gasteiger partial charge in [-0.05, 0) is 48.5 Å². The minimum absolute atomic E-state index is 0.284. The van der Waals surface area contributed by atoms with Crippen molar-refractivity contribution in [3.63, 3.8) is 0 Å². The Morgan fingerprint density at radius 3 is 1.41 bits per heavy atom. The first kappa shape index (κ1) is 25.7. The number of nitrogens with one attached hydrogen (secondary N) is 2. The maximum absolute atomic E-state index is 11.9. The van der Waals surface area contributed by atoms with Gasteiger partial charge in [-0.15, -0.1) is 0 Å². The number of amides is 2. The fourth-order valence-corrected chi connectivity index (χ4v) is 2.05. The van der Waals surface area contributed by atoms with Gasteiger partial charge in [-0.1, -0.05) is 77.9 Å². The molecule has 0 aliphatic carbocycles. The summed E-state index contributed by atoms with van der Waals surface area (Å²) in [7, 11) is 0. The molecule has 4 nitrogen and oxygen atoms in total. The second kappa shape index (κ2) is 16.9. The Bertz CT molecular complexity index is 758. The molecule has 0 radical (unpaired) electrons. The van der Waals surface area contributed by atoms with E-state index in [1.807, 2.05) is 114 Å². The van der Waals surface area contributed by atoms with Crippen molar-refractivity contribution in [1.82, 2.24) is 0 Å². The van der Waals surface area contributed by atoms with E-state index in [2.05, 4.69) is 10.6 Å². The SMILES string of the molecule is CC.CC.CC.O=C(Nc1ccccc1)Nc1ccc(Oc2ccccc2)cc1. The highest BCUT2D eigenvalue weighted by molar-refractivity contribution is 5.99. The van der Waals surface area contributed by atoms with Crippen molar-refractivity contribution < 1.29 is 9.53 Å². The number of anilines is 2. The summed E-state index contributed by atoms with van der Waals surface area (Å²) in [6.07, 6.45) is 0. The van der Waals surface area contributed by atoms with Crippen LogP contribution in [0.15, 0.2) is 84.9 Å². The molecule has 0 fully saturated rings. The zero-order valence-electron chi connectivity index (χ0n) is 18.4. The standard InChI is InChI=1S/C19H16N2O2.3C2H6/c22-19(20-15-7-3-1-4-8-15)21-16-11-13-18(14-12-16)23-17-9-5-2-6-10-17;3*1-2/h1-14H,(H2,20,21,22);3*1-2H3. The molecule has 0 aliphatic heterocycles. The number of carbonyl (C=O) groups is 1. The van der Waals surface area contributed by atoms with Crippen molar-refractivity contribution in [3.05, 3.63) is 84.9 Å². The van der Waals surface area contributed by atoms with Crippen LogP contribution in [0.4, 0.5) is 16.2 Å². The summed E-state index contributed by atoms with van der Waals surface area (Å²) in [6.45, 7) is 12.0. The molecule has 2 amide bonds. The van der Waals surface area contributed by atoms with Crippen LogP contribution >= 0.6 is 0 Å². The number of hydrogen-bond acceptors (Lipinski definition) is 2. The third kappa shape index (κ3) is 10.6. The van der Waals surface area contributed by atoms with Crippen molar-refractivity contribution in [2.45, 2.75) is 41.5 Å². The summed E-state index contributed by atoms with van der Waals surface area (Å²) in [5, 5.41) is 5.54. The largest absolute Gasteiger partial charge is 0.457 e. The number of benzene rings is 3. The molecular weight excluding hydrogens is 360 g/mol. The van der Waals surface area contributed by atoms with E-state index < -0.39 is 0 Å². The Labute approximate surface area is 175 Å². The van der Waals surface area contributed by atoms with E-state index in [1.165, 1.54) is 0 Å². The summed E-state index contributed by atoms with van der Waals surface area (Å²) in [5.41, 5.74) is 1.44. The molecule has 0 saturated carbocycles. The number of ether oxygens (including phenoxy) is 1. The maximum Gasteiger partial charge on any atom is 0.323 e. The first-order valence-corrected chi connectivity index (χ1v) is 10.3. The van der Waals surface area contributed by atoms with Crippen LogP contribution in [0.5, 0.6) is 11.5 Å². The van der Waals surface area contributed by atoms with E-state index in [0.717, 1.165) is 11.4 Å². The lowest BCUT2D eigenvalue weighted by atomic mass is 10.3. The molecule has 0 bridgehead atoms. The molecule has 3 aromatic rings. The highest BCUT2D eigenvalue weighted by atomic mass is 16.5. The summed E-state index contributed by atoms with van der Waals surface area (Å²) >= 11 is 0. The monoisotopic (exact) mass is 394 g/mol. The minimum Gasteiger partial charge on any atom is -0.457 e. The Kier molecular flexibility index (Phi) is 15.0. The molecule has 0 saturated heterocycles. The fraction of sp³-hybridized carbons (Fsp3) is 0.240. The molecule has 0 spiro atoms. The van der Waals surface area contributed by atoms with Crippen LogP contribution in [0.25, 0.3) is 0 Å². The van der Waals surface area contributed by atoms with E-state index >= 15 is 0 Å². The Morgan fingerprint density at radius 2 is 0.931 bits per heavy atom. The number of rotatable bonds is 4. The number of hydrogen-bond donors (Lipinski definition) is 2. The summed E-state index contributed by atoms with van der Waals surface area (Å²) in [6, 6.07) is 25.8. The minimum atomic E-state index is -0.284.